The number of ether oxygens (including phenoxy) is 1. The molecule has 2 heterocycles. The van der Waals surface area contributed by atoms with E-state index in [1.807, 2.05) is 44.2 Å². The molecule has 6 nitrogen and oxygen atoms in total. The number of carbonyl (C=O) groups is 1. The Bertz CT molecular complexity index is 1200. The lowest BCUT2D eigenvalue weighted by Crippen LogP contribution is -2.06. The third-order valence-corrected chi connectivity index (χ3v) is 5.61. The van der Waals surface area contributed by atoms with Crippen LogP contribution in [-0.2, 0) is 11.2 Å². The highest BCUT2D eigenvalue weighted by Crippen LogP contribution is 2.31. The average molecular weight is 419 g/mol. The summed E-state index contributed by atoms with van der Waals surface area (Å²) >= 11 is 1.48. The maximum absolute atomic E-state index is 12.0. The largest absolute Gasteiger partial charge is 0.462 e. The van der Waals surface area contributed by atoms with Crippen molar-refractivity contribution in [2.24, 2.45) is 0 Å². The second kappa shape index (κ2) is 8.59. The van der Waals surface area contributed by atoms with Crippen LogP contribution in [0.4, 0.5) is 10.9 Å². The maximum atomic E-state index is 12.0. The standard InChI is InChI=1S/C23H22N4O2S/c1-4-29-22(28)17-10-11-19-20(13-17)30-23(26-19)27-21-18(14(2)24-15(3)25-21)12-16-8-6-5-7-9-16/h5-11,13H,4,12H2,1-3H3,(H,24,25,26,27). The fourth-order valence-electron chi connectivity index (χ4n) is 3.27. The molecule has 0 bridgehead atoms. The summed E-state index contributed by atoms with van der Waals surface area (Å²) in [5.74, 6) is 1.14. The van der Waals surface area contributed by atoms with Gasteiger partial charge in [-0.25, -0.2) is 19.7 Å². The van der Waals surface area contributed by atoms with Gasteiger partial charge in [-0.15, -0.1) is 0 Å². The molecular weight excluding hydrogens is 396 g/mol. The molecule has 0 spiro atoms. The van der Waals surface area contributed by atoms with Crippen molar-refractivity contribution in [2.75, 3.05) is 11.9 Å². The topological polar surface area (TPSA) is 77.0 Å². The van der Waals surface area contributed by atoms with Crippen LogP contribution in [0.15, 0.2) is 48.5 Å². The molecule has 0 unspecified atom stereocenters. The zero-order chi connectivity index (χ0) is 21.1. The minimum Gasteiger partial charge on any atom is -0.462 e. The summed E-state index contributed by atoms with van der Waals surface area (Å²) in [6, 6.07) is 15.6. The zero-order valence-electron chi connectivity index (χ0n) is 17.1. The highest BCUT2D eigenvalue weighted by atomic mass is 32.1. The molecule has 152 valence electrons. The van der Waals surface area contributed by atoms with E-state index in [9.17, 15) is 4.79 Å². The predicted molar refractivity (Wildman–Crippen MR) is 120 cm³/mol. The molecular formula is C23H22N4O2S. The number of anilines is 2. The number of fused-ring (bicyclic) bond motifs is 1. The highest BCUT2D eigenvalue weighted by Gasteiger charge is 2.15. The van der Waals surface area contributed by atoms with Crippen LogP contribution < -0.4 is 5.32 Å². The molecule has 0 saturated heterocycles. The van der Waals surface area contributed by atoms with Crippen molar-refractivity contribution in [2.45, 2.75) is 27.2 Å². The molecule has 0 aliphatic rings. The second-order valence-electron chi connectivity index (χ2n) is 6.89. The maximum Gasteiger partial charge on any atom is 0.338 e. The molecule has 0 saturated carbocycles. The Kier molecular flexibility index (Phi) is 5.72. The van der Waals surface area contributed by atoms with Crippen molar-refractivity contribution in [1.82, 2.24) is 15.0 Å². The van der Waals surface area contributed by atoms with Gasteiger partial charge in [-0.3, -0.25) is 0 Å². The normalized spacial score (nSPS) is 10.9. The lowest BCUT2D eigenvalue weighted by atomic mass is 10.0. The molecule has 2 aromatic heterocycles. The first-order valence-corrected chi connectivity index (χ1v) is 10.6. The molecule has 1 N–H and O–H groups in total. The predicted octanol–water partition coefficient (Wildman–Crippen LogP) is 5.21. The lowest BCUT2D eigenvalue weighted by molar-refractivity contribution is 0.0526. The fourth-order valence-corrected chi connectivity index (χ4v) is 4.18. The summed E-state index contributed by atoms with van der Waals surface area (Å²) in [6.45, 7) is 6.03. The number of aromatic nitrogens is 3. The third kappa shape index (κ3) is 4.31. The number of nitrogens with zero attached hydrogens (tertiary/aromatic N) is 3. The first kappa shape index (κ1) is 20.0. The Labute approximate surface area is 179 Å². The van der Waals surface area contributed by atoms with Crippen LogP contribution in [0.5, 0.6) is 0 Å². The van der Waals surface area contributed by atoms with Crippen molar-refractivity contribution >= 4 is 38.5 Å². The molecule has 4 aromatic rings. The quantitative estimate of drug-likeness (QED) is 0.433. The van der Waals surface area contributed by atoms with E-state index in [-0.39, 0.29) is 5.97 Å². The number of esters is 1. The first-order valence-electron chi connectivity index (χ1n) is 9.76. The van der Waals surface area contributed by atoms with Crippen LogP contribution in [0.2, 0.25) is 0 Å². The van der Waals surface area contributed by atoms with Crippen LogP contribution in [-0.4, -0.2) is 27.5 Å². The molecule has 0 aliphatic carbocycles. The molecule has 2 aromatic carbocycles. The lowest BCUT2D eigenvalue weighted by Gasteiger charge is -2.13. The molecule has 0 aliphatic heterocycles. The number of rotatable bonds is 6. The van der Waals surface area contributed by atoms with E-state index in [2.05, 4.69) is 32.4 Å². The van der Waals surface area contributed by atoms with Crippen molar-refractivity contribution < 1.29 is 9.53 Å². The van der Waals surface area contributed by atoms with E-state index in [0.29, 0.717) is 18.0 Å². The van der Waals surface area contributed by atoms with Gasteiger partial charge in [0.15, 0.2) is 5.13 Å². The van der Waals surface area contributed by atoms with Gasteiger partial charge in [0, 0.05) is 17.7 Å². The second-order valence-corrected chi connectivity index (χ2v) is 7.92. The van der Waals surface area contributed by atoms with Crippen LogP contribution in [0, 0.1) is 13.8 Å². The minimum atomic E-state index is -0.325. The van der Waals surface area contributed by atoms with Gasteiger partial charge in [0.1, 0.15) is 11.6 Å². The number of aryl methyl sites for hydroxylation is 2. The van der Waals surface area contributed by atoms with Crippen molar-refractivity contribution in [3.8, 4) is 0 Å². The van der Waals surface area contributed by atoms with Gasteiger partial charge < -0.3 is 10.1 Å². The van der Waals surface area contributed by atoms with Gasteiger partial charge in [-0.1, -0.05) is 41.7 Å². The van der Waals surface area contributed by atoms with Gasteiger partial charge in [-0.2, -0.15) is 0 Å². The molecule has 30 heavy (non-hydrogen) atoms. The van der Waals surface area contributed by atoms with E-state index in [1.54, 1.807) is 13.0 Å². The Hall–Kier alpha value is -3.32. The fraction of sp³-hybridized carbons (Fsp3) is 0.217. The number of benzene rings is 2. The van der Waals surface area contributed by atoms with Crippen LogP contribution in [0.25, 0.3) is 10.2 Å². The number of carbonyl (C=O) groups excluding carboxylic acids is 1. The Balaban J connectivity index is 1.66. The van der Waals surface area contributed by atoms with E-state index in [1.165, 1.54) is 16.9 Å². The van der Waals surface area contributed by atoms with Gasteiger partial charge in [0.25, 0.3) is 0 Å². The van der Waals surface area contributed by atoms with E-state index >= 15 is 0 Å². The third-order valence-electron chi connectivity index (χ3n) is 4.67. The van der Waals surface area contributed by atoms with E-state index < -0.39 is 0 Å². The SMILES string of the molecule is CCOC(=O)c1ccc2nc(Nc3nc(C)nc(C)c3Cc3ccccc3)sc2c1. The summed E-state index contributed by atoms with van der Waals surface area (Å²) in [4.78, 5) is 25.8. The molecule has 4 rings (SSSR count). The molecule has 0 atom stereocenters. The van der Waals surface area contributed by atoms with Crippen LogP contribution in [0.3, 0.4) is 0 Å². The number of thiazole rings is 1. The first-order chi connectivity index (χ1) is 14.5. The smallest absolute Gasteiger partial charge is 0.338 e. The summed E-state index contributed by atoms with van der Waals surface area (Å²) in [6.07, 6.45) is 0.729. The summed E-state index contributed by atoms with van der Waals surface area (Å²) in [7, 11) is 0. The molecule has 0 radical (unpaired) electrons. The number of hydrogen-bond donors (Lipinski definition) is 1. The van der Waals surface area contributed by atoms with E-state index in [0.717, 1.165) is 38.8 Å². The minimum absolute atomic E-state index is 0.325. The van der Waals surface area contributed by atoms with Gasteiger partial charge in [-0.05, 0) is 44.5 Å². The Morgan fingerprint density at radius 2 is 1.87 bits per heavy atom. The molecule has 7 heteroatoms. The monoisotopic (exact) mass is 418 g/mol. The summed E-state index contributed by atoms with van der Waals surface area (Å²) in [5, 5.41) is 4.10. The van der Waals surface area contributed by atoms with Crippen molar-refractivity contribution in [1.29, 1.82) is 0 Å². The van der Waals surface area contributed by atoms with Gasteiger partial charge in [0.2, 0.25) is 0 Å². The average Bonchev–Trinajstić information content (AvgIpc) is 3.13. The van der Waals surface area contributed by atoms with Crippen molar-refractivity contribution in [3.05, 3.63) is 76.7 Å². The summed E-state index contributed by atoms with van der Waals surface area (Å²) < 4.78 is 6.00. The number of hydrogen-bond acceptors (Lipinski definition) is 7. The molecule has 0 fully saturated rings. The summed E-state index contributed by atoms with van der Waals surface area (Å²) in [5.41, 5.74) is 4.53. The highest BCUT2D eigenvalue weighted by molar-refractivity contribution is 7.22. The Morgan fingerprint density at radius 3 is 2.63 bits per heavy atom. The van der Waals surface area contributed by atoms with E-state index in [4.69, 9.17) is 4.74 Å². The van der Waals surface area contributed by atoms with Gasteiger partial charge in [0.05, 0.1) is 22.4 Å². The number of nitrogens with one attached hydrogen (secondary N) is 1. The zero-order valence-corrected chi connectivity index (χ0v) is 17.9. The van der Waals surface area contributed by atoms with Gasteiger partial charge >= 0.3 is 5.97 Å². The Morgan fingerprint density at radius 1 is 1.07 bits per heavy atom. The van der Waals surface area contributed by atoms with Crippen molar-refractivity contribution in [3.63, 3.8) is 0 Å². The van der Waals surface area contributed by atoms with Crippen LogP contribution >= 0.6 is 11.3 Å². The molecule has 0 amide bonds. The van der Waals surface area contributed by atoms with Crippen LogP contribution in [0.1, 0.15) is 39.9 Å².